The van der Waals surface area contributed by atoms with Crippen molar-refractivity contribution >= 4 is 28.5 Å². The molecule has 1 saturated carbocycles. The van der Waals surface area contributed by atoms with E-state index in [1.54, 1.807) is 17.8 Å². The second-order valence-electron chi connectivity index (χ2n) is 4.83. The van der Waals surface area contributed by atoms with E-state index in [0.29, 0.717) is 17.3 Å². The van der Waals surface area contributed by atoms with E-state index in [2.05, 4.69) is 11.1 Å². The van der Waals surface area contributed by atoms with Crippen molar-refractivity contribution in [1.82, 2.24) is 4.98 Å². The lowest BCUT2D eigenvalue weighted by atomic mass is 10.1. The maximum Gasteiger partial charge on any atom is 0.256 e. The number of aromatic nitrogens is 1. The number of hydrogen-bond acceptors (Lipinski definition) is 5. The molecule has 1 heterocycles. The van der Waals surface area contributed by atoms with Crippen LogP contribution in [0.4, 0.5) is 5.69 Å². The average Bonchev–Trinajstić information content (AvgIpc) is 2.99. The number of nitrogens with two attached hydrogens (primary N) is 1. The number of nitrogens with zero attached hydrogens (tertiary/aromatic N) is 2. The second-order valence-corrected chi connectivity index (χ2v) is 5.76. The monoisotopic (exact) mass is 259 g/mol. The summed E-state index contributed by atoms with van der Waals surface area (Å²) in [5, 5.41) is 9.44. The third kappa shape index (κ3) is 2.16. The number of thioether (sulfide) groups is 1. The molecule has 0 amide bonds. The molecule has 0 saturated heterocycles. The van der Waals surface area contributed by atoms with Crippen molar-refractivity contribution in [1.29, 1.82) is 5.26 Å². The maximum absolute atomic E-state index is 8.77. The van der Waals surface area contributed by atoms with E-state index in [1.165, 1.54) is 0 Å². The van der Waals surface area contributed by atoms with Crippen LogP contribution in [0.1, 0.15) is 19.3 Å². The van der Waals surface area contributed by atoms with Gasteiger partial charge in [-0.15, -0.1) is 0 Å². The van der Waals surface area contributed by atoms with Crippen molar-refractivity contribution in [3.8, 4) is 6.07 Å². The molecule has 0 bridgehead atoms. The summed E-state index contributed by atoms with van der Waals surface area (Å²) in [5.41, 5.74) is 8.14. The molecule has 18 heavy (non-hydrogen) atoms. The number of hydrogen-bond donors (Lipinski definition) is 1. The number of anilines is 1. The van der Waals surface area contributed by atoms with Gasteiger partial charge in [-0.05, 0) is 30.4 Å². The van der Waals surface area contributed by atoms with E-state index in [-0.39, 0.29) is 5.41 Å². The minimum absolute atomic E-state index is 0.207. The van der Waals surface area contributed by atoms with E-state index in [1.807, 2.05) is 12.1 Å². The largest absolute Gasteiger partial charge is 0.431 e. The van der Waals surface area contributed by atoms with Crippen molar-refractivity contribution in [3.63, 3.8) is 0 Å². The zero-order valence-corrected chi connectivity index (χ0v) is 10.7. The third-order valence-electron chi connectivity index (χ3n) is 3.31. The summed E-state index contributed by atoms with van der Waals surface area (Å²) in [6, 6.07) is 7.72. The summed E-state index contributed by atoms with van der Waals surface area (Å²) in [6.45, 7) is 0. The molecule has 1 aliphatic carbocycles. The highest BCUT2D eigenvalue weighted by atomic mass is 32.2. The van der Waals surface area contributed by atoms with E-state index in [0.717, 1.165) is 29.7 Å². The van der Waals surface area contributed by atoms with Crippen molar-refractivity contribution < 1.29 is 4.42 Å². The fraction of sp³-hybridized carbons (Fsp3) is 0.385. The molecule has 3 rings (SSSR count). The molecule has 0 spiro atoms. The van der Waals surface area contributed by atoms with E-state index in [4.69, 9.17) is 15.4 Å². The molecule has 0 radical (unpaired) electrons. The Morgan fingerprint density at radius 1 is 1.50 bits per heavy atom. The lowest BCUT2D eigenvalue weighted by molar-refractivity contribution is 0.486. The van der Waals surface area contributed by atoms with Crippen LogP contribution in [-0.4, -0.2) is 10.7 Å². The lowest BCUT2D eigenvalue weighted by Crippen LogP contribution is -2.02. The molecule has 1 fully saturated rings. The number of benzene rings is 1. The first kappa shape index (κ1) is 11.4. The number of fused-ring (bicyclic) bond motifs is 1. The Bertz CT molecular complexity index is 625. The summed E-state index contributed by atoms with van der Waals surface area (Å²) in [7, 11) is 0. The van der Waals surface area contributed by atoms with Crippen LogP contribution in [0.15, 0.2) is 27.8 Å². The van der Waals surface area contributed by atoms with E-state index < -0.39 is 0 Å². The minimum Gasteiger partial charge on any atom is -0.431 e. The summed E-state index contributed by atoms with van der Waals surface area (Å²) in [6.07, 6.45) is 2.91. The van der Waals surface area contributed by atoms with Crippen LogP contribution in [0.25, 0.3) is 11.1 Å². The second kappa shape index (κ2) is 4.21. The summed E-state index contributed by atoms with van der Waals surface area (Å²) in [4.78, 5) is 4.40. The molecule has 1 aliphatic rings. The normalized spacial score (nSPS) is 16.6. The van der Waals surface area contributed by atoms with Gasteiger partial charge in [0.15, 0.2) is 5.58 Å². The van der Waals surface area contributed by atoms with Crippen LogP contribution in [-0.2, 0) is 0 Å². The highest BCUT2D eigenvalue weighted by Gasteiger charge is 2.42. The Kier molecular flexibility index (Phi) is 2.67. The van der Waals surface area contributed by atoms with Crippen molar-refractivity contribution in [2.75, 3.05) is 11.5 Å². The molecule has 1 aromatic carbocycles. The van der Waals surface area contributed by atoms with Gasteiger partial charge in [-0.2, -0.15) is 5.26 Å². The van der Waals surface area contributed by atoms with Gasteiger partial charge in [-0.3, -0.25) is 0 Å². The fourth-order valence-corrected chi connectivity index (χ4v) is 3.05. The predicted molar refractivity (Wildman–Crippen MR) is 71.0 cm³/mol. The number of nitriles is 1. The van der Waals surface area contributed by atoms with E-state index in [9.17, 15) is 0 Å². The Hall–Kier alpha value is -1.67. The van der Waals surface area contributed by atoms with Gasteiger partial charge in [-0.1, -0.05) is 11.8 Å². The van der Waals surface area contributed by atoms with Crippen LogP contribution in [0.3, 0.4) is 0 Å². The van der Waals surface area contributed by atoms with Crippen molar-refractivity contribution in [3.05, 3.63) is 18.2 Å². The molecule has 0 unspecified atom stereocenters. The van der Waals surface area contributed by atoms with Crippen LogP contribution >= 0.6 is 11.8 Å². The van der Waals surface area contributed by atoms with Crippen molar-refractivity contribution in [2.45, 2.75) is 24.5 Å². The number of nitrogen functional groups attached to an aromatic ring is 1. The Morgan fingerprint density at radius 2 is 2.33 bits per heavy atom. The van der Waals surface area contributed by atoms with Gasteiger partial charge in [-0.25, -0.2) is 4.98 Å². The first-order valence-corrected chi connectivity index (χ1v) is 6.85. The predicted octanol–water partition coefficient (Wildman–Crippen LogP) is 3.20. The Balaban J connectivity index is 1.74. The highest BCUT2D eigenvalue weighted by molar-refractivity contribution is 7.99. The van der Waals surface area contributed by atoms with Crippen molar-refractivity contribution in [2.24, 2.45) is 5.41 Å². The van der Waals surface area contributed by atoms with Gasteiger partial charge in [0, 0.05) is 23.9 Å². The molecule has 0 atom stereocenters. The Morgan fingerprint density at radius 3 is 3.06 bits per heavy atom. The molecule has 4 nitrogen and oxygen atoms in total. The van der Waals surface area contributed by atoms with Crippen LogP contribution in [0, 0.1) is 16.7 Å². The number of rotatable bonds is 4. The van der Waals surface area contributed by atoms with Gasteiger partial charge in [0.1, 0.15) is 5.52 Å². The SMILES string of the molecule is N#CCC1(CSc2nc3ccc(N)cc3o2)CC1. The van der Waals surface area contributed by atoms with Gasteiger partial charge in [0.2, 0.25) is 0 Å². The van der Waals surface area contributed by atoms with E-state index >= 15 is 0 Å². The van der Waals surface area contributed by atoms with Gasteiger partial charge in [0.25, 0.3) is 5.22 Å². The first-order valence-electron chi connectivity index (χ1n) is 5.87. The summed E-state index contributed by atoms with van der Waals surface area (Å²) >= 11 is 1.59. The smallest absolute Gasteiger partial charge is 0.256 e. The zero-order valence-electron chi connectivity index (χ0n) is 9.85. The van der Waals surface area contributed by atoms with Gasteiger partial charge >= 0.3 is 0 Å². The molecule has 5 heteroatoms. The Labute approximate surface area is 109 Å². The molecule has 1 aromatic heterocycles. The lowest BCUT2D eigenvalue weighted by Gasteiger charge is -2.06. The topological polar surface area (TPSA) is 75.8 Å². The maximum atomic E-state index is 8.77. The summed E-state index contributed by atoms with van der Waals surface area (Å²) in [5.74, 6) is 0.906. The quantitative estimate of drug-likeness (QED) is 0.674. The standard InChI is InChI=1S/C13H13N3OS/c14-6-5-13(3-4-13)8-18-12-16-10-2-1-9(15)7-11(10)17-12/h1-2,7H,3-5,8,15H2. The number of oxazole rings is 1. The molecular weight excluding hydrogens is 246 g/mol. The van der Waals surface area contributed by atoms with Crippen LogP contribution in [0.5, 0.6) is 0 Å². The van der Waals surface area contributed by atoms with Crippen LogP contribution < -0.4 is 5.73 Å². The fourth-order valence-electron chi connectivity index (χ4n) is 1.91. The van der Waals surface area contributed by atoms with Crippen LogP contribution in [0.2, 0.25) is 0 Å². The average molecular weight is 259 g/mol. The first-order chi connectivity index (χ1) is 8.71. The highest BCUT2D eigenvalue weighted by Crippen LogP contribution is 2.51. The van der Waals surface area contributed by atoms with Gasteiger partial charge < -0.3 is 10.2 Å². The summed E-state index contributed by atoms with van der Waals surface area (Å²) < 4.78 is 5.64. The molecule has 2 aromatic rings. The zero-order chi connectivity index (χ0) is 12.6. The third-order valence-corrected chi connectivity index (χ3v) is 4.48. The van der Waals surface area contributed by atoms with Gasteiger partial charge in [0.05, 0.1) is 6.07 Å². The minimum atomic E-state index is 0.207. The molecule has 2 N–H and O–H groups in total. The molecular formula is C13H13N3OS. The molecule has 0 aliphatic heterocycles. The molecule has 92 valence electrons.